The number of carbonyl (C=O) groups excluding carboxylic acids is 1. The van der Waals surface area contributed by atoms with Gasteiger partial charge in [0.05, 0.1) is 16.5 Å². The van der Waals surface area contributed by atoms with E-state index in [4.69, 9.17) is 21.1 Å². The number of hydrogen-bond donors (Lipinski definition) is 0. The molecule has 32 heavy (non-hydrogen) atoms. The molecule has 170 valence electrons. The predicted molar refractivity (Wildman–Crippen MR) is 131 cm³/mol. The van der Waals surface area contributed by atoms with Gasteiger partial charge < -0.3 is 9.47 Å². The van der Waals surface area contributed by atoms with Crippen LogP contribution >= 0.6 is 11.6 Å². The lowest BCUT2D eigenvalue weighted by Gasteiger charge is -2.31. The van der Waals surface area contributed by atoms with Crippen molar-refractivity contribution in [3.8, 4) is 11.1 Å². The molecule has 0 spiro atoms. The molecular weight excluding hydrogens is 422 g/mol. The zero-order valence-corrected chi connectivity index (χ0v) is 20.7. The van der Waals surface area contributed by atoms with Crippen molar-refractivity contribution in [3.05, 3.63) is 64.8 Å². The van der Waals surface area contributed by atoms with Gasteiger partial charge in [-0.05, 0) is 95.0 Å². The van der Waals surface area contributed by atoms with Gasteiger partial charge in [0.15, 0.2) is 0 Å². The van der Waals surface area contributed by atoms with Crippen molar-refractivity contribution < 1.29 is 14.3 Å². The molecule has 5 heteroatoms. The average Bonchev–Trinajstić information content (AvgIpc) is 2.69. The Hall–Kier alpha value is -2.43. The molecule has 0 aliphatic rings. The van der Waals surface area contributed by atoms with Crippen molar-refractivity contribution in [2.45, 2.75) is 60.2 Å². The molecule has 0 saturated heterocycles. The zero-order valence-electron chi connectivity index (χ0n) is 20.0. The summed E-state index contributed by atoms with van der Waals surface area (Å²) in [5.41, 5.74) is 3.92. The van der Waals surface area contributed by atoms with Gasteiger partial charge in [0.1, 0.15) is 12.7 Å². The van der Waals surface area contributed by atoms with E-state index in [1.54, 1.807) is 6.20 Å². The second-order valence-electron chi connectivity index (χ2n) is 10.1. The molecule has 0 saturated carbocycles. The van der Waals surface area contributed by atoms with Crippen LogP contribution in [0.1, 0.15) is 58.8 Å². The third-order valence-electron chi connectivity index (χ3n) is 5.08. The first kappa shape index (κ1) is 24.2. The van der Waals surface area contributed by atoms with Gasteiger partial charge >= 0.3 is 5.97 Å². The number of halogens is 1. The van der Waals surface area contributed by atoms with Crippen molar-refractivity contribution in [3.63, 3.8) is 0 Å². The quantitative estimate of drug-likeness (QED) is 0.380. The number of aryl methyl sites for hydroxylation is 1. The number of hydrogen-bond acceptors (Lipinski definition) is 4. The van der Waals surface area contributed by atoms with E-state index >= 15 is 0 Å². The van der Waals surface area contributed by atoms with Crippen LogP contribution < -0.4 is 0 Å². The van der Waals surface area contributed by atoms with E-state index in [1.807, 2.05) is 78.8 Å². The molecule has 0 aliphatic carbocycles. The van der Waals surface area contributed by atoms with Gasteiger partial charge in [0.25, 0.3) is 0 Å². The molecule has 3 aromatic rings. The van der Waals surface area contributed by atoms with E-state index in [9.17, 15) is 4.79 Å². The van der Waals surface area contributed by atoms with Crippen molar-refractivity contribution in [1.82, 2.24) is 4.98 Å². The average molecular weight is 454 g/mol. The summed E-state index contributed by atoms with van der Waals surface area (Å²) in [6.45, 7) is 13.7. The summed E-state index contributed by atoms with van der Waals surface area (Å²) in [6, 6.07) is 13.8. The number of benzene rings is 2. The first-order valence-electron chi connectivity index (χ1n) is 10.9. The number of nitrogens with zero attached hydrogens (tertiary/aromatic N) is 1. The maximum Gasteiger partial charge on any atom is 0.311 e. The number of rotatable bonds is 5. The standard InChI is InChI=1S/C27H32ClNO3/c1-17-15-21-20(9-8-14-29-21)24(18-10-12-19(28)13-11-18)23(17)22(32-27(5,6)7)16-31-25(30)26(2,3)4/h8-15,22H,16H2,1-7H3/t22-/m0/s1. The van der Waals surface area contributed by atoms with E-state index in [-0.39, 0.29) is 12.6 Å². The minimum absolute atomic E-state index is 0.126. The summed E-state index contributed by atoms with van der Waals surface area (Å²) in [5.74, 6) is -0.256. The van der Waals surface area contributed by atoms with Crippen molar-refractivity contribution >= 4 is 28.5 Å². The highest BCUT2D eigenvalue weighted by Crippen LogP contribution is 2.40. The van der Waals surface area contributed by atoms with Crippen LogP contribution in [0, 0.1) is 12.3 Å². The van der Waals surface area contributed by atoms with Crippen LogP contribution in [0.25, 0.3) is 22.0 Å². The van der Waals surface area contributed by atoms with Gasteiger partial charge in [0, 0.05) is 16.6 Å². The summed E-state index contributed by atoms with van der Waals surface area (Å²) in [7, 11) is 0. The van der Waals surface area contributed by atoms with Gasteiger partial charge in [-0.1, -0.05) is 29.8 Å². The summed E-state index contributed by atoms with van der Waals surface area (Å²) < 4.78 is 12.2. The van der Waals surface area contributed by atoms with Crippen LogP contribution in [0.15, 0.2) is 48.7 Å². The number of fused-ring (bicyclic) bond motifs is 1. The Balaban J connectivity index is 2.21. The first-order chi connectivity index (χ1) is 14.9. The second kappa shape index (κ2) is 9.21. The molecule has 0 aliphatic heterocycles. The lowest BCUT2D eigenvalue weighted by molar-refractivity contribution is -0.162. The highest BCUT2D eigenvalue weighted by Gasteiger charge is 2.30. The summed E-state index contributed by atoms with van der Waals surface area (Å²) in [6.07, 6.45) is 1.35. The Morgan fingerprint density at radius 2 is 1.72 bits per heavy atom. The number of esters is 1. The van der Waals surface area contributed by atoms with Gasteiger partial charge in [0.2, 0.25) is 0 Å². The fourth-order valence-corrected chi connectivity index (χ4v) is 3.81. The maximum atomic E-state index is 12.6. The number of ether oxygens (including phenoxy) is 2. The van der Waals surface area contributed by atoms with E-state index in [2.05, 4.69) is 17.1 Å². The van der Waals surface area contributed by atoms with Crippen molar-refractivity contribution in [2.75, 3.05) is 6.61 Å². The fourth-order valence-electron chi connectivity index (χ4n) is 3.68. The molecule has 3 rings (SSSR count). The number of pyridine rings is 1. The number of aromatic nitrogens is 1. The molecule has 0 N–H and O–H groups in total. The Labute approximate surface area is 195 Å². The highest BCUT2D eigenvalue weighted by molar-refractivity contribution is 6.30. The van der Waals surface area contributed by atoms with Gasteiger partial charge in [-0.2, -0.15) is 0 Å². The third kappa shape index (κ3) is 5.67. The maximum absolute atomic E-state index is 12.6. The summed E-state index contributed by atoms with van der Waals surface area (Å²) in [5, 5.41) is 1.69. The van der Waals surface area contributed by atoms with Crippen LogP contribution in [0.2, 0.25) is 5.02 Å². The normalized spacial score (nSPS) is 13.2. The van der Waals surface area contributed by atoms with E-state index in [0.29, 0.717) is 5.02 Å². The monoisotopic (exact) mass is 453 g/mol. The predicted octanol–water partition coefficient (Wildman–Crippen LogP) is 7.31. The molecule has 1 aromatic heterocycles. The van der Waals surface area contributed by atoms with Crippen LogP contribution in [-0.2, 0) is 14.3 Å². The van der Waals surface area contributed by atoms with Gasteiger partial charge in [-0.15, -0.1) is 0 Å². The van der Waals surface area contributed by atoms with Crippen LogP contribution in [0.5, 0.6) is 0 Å². The Bertz CT molecular complexity index is 1110. The molecule has 1 atom stereocenters. The fraction of sp³-hybridized carbons (Fsp3) is 0.407. The van der Waals surface area contributed by atoms with Crippen molar-refractivity contribution in [2.24, 2.45) is 5.41 Å². The smallest absolute Gasteiger partial charge is 0.311 e. The molecule has 2 aromatic carbocycles. The van der Waals surface area contributed by atoms with E-state index in [1.165, 1.54) is 0 Å². The van der Waals surface area contributed by atoms with E-state index < -0.39 is 17.1 Å². The minimum Gasteiger partial charge on any atom is -0.462 e. The molecule has 0 radical (unpaired) electrons. The zero-order chi connectivity index (χ0) is 23.7. The second-order valence-corrected chi connectivity index (χ2v) is 10.6. The SMILES string of the molecule is Cc1cc2ncccc2c(-c2ccc(Cl)cc2)c1[C@H](COC(=O)C(C)(C)C)OC(C)(C)C. The third-order valence-corrected chi connectivity index (χ3v) is 5.34. The minimum atomic E-state index is -0.590. The molecule has 0 bridgehead atoms. The van der Waals surface area contributed by atoms with Crippen LogP contribution in [-0.4, -0.2) is 23.2 Å². The molecule has 1 heterocycles. The first-order valence-corrected chi connectivity index (χ1v) is 11.2. The molecule has 0 fully saturated rings. The molecular formula is C27H32ClNO3. The Morgan fingerprint density at radius 1 is 1.06 bits per heavy atom. The summed E-state index contributed by atoms with van der Waals surface area (Å²) >= 11 is 6.17. The highest BCUT2D eigenvalue weighted by atomic mass is 35.5. The molecule has 0 unspecified atom stereocenters. The lowest BCUT2D eigenvalue weighted by Crippen LogP contribution is -2.30. The lowest BCUT2D eigenvalue weighted by atomic mass is 9.88. The Kier molecular flexibility index (Phi) is 6.97. The van der Waals surface area contributed by atoms with E-state index in [0.717, 1.165) is 33.2 Å². The molecule has 4 nitrogen and oxygen atoms in total. The largest absolute Gasteiger partial charge is 0.462 e. The van der Waals surface area contributed by atoms with Crippen LogP contribution in [0.4, 0.5) is 0 Å². The van der Waals surface area contributed by atoms with Crippen LogP contribution in [0.3, 0.4) is 0 Å². The van der Waals surface area contributed by atoms with Gasteiger partial charge in [-0.3, -0.25) is 9.78 Å². The van der Waals surface area contributed by atoms with Crippen molar-refractivity contribution in [1.29, 1.82) is 0 Å². The topological polar surface area (TPSA) is 48.4 Å². The Morgan fingerprint density at radius 3 is 2.31 bits per heavy atom. The number of carbonyl (C=O) groups is 1. The molecule has 0 amide bonds. The van der Waals surface area contributed by atoms with Gasteiger partial charge in [-0.25, -0.2) is 0 Å². The summed E-state index contributed by atoms with van der Waals surface area (Å²) in [4.78, 5) is 17.1.